The maximum absolute atomic E-state index is 14.6. The van der Waals surface area contributed by atoms with Crippen LogP contribution >= 0.6 is 0 Å². The van der Waals surface area contributed by atoms with Gasteiger partial charge >= 0.3 is 11.9 Å². The Hall–Kier alpha value is -3.48. The summed E-state index contributed by atoms with van der Waals surface area (Å²) in [6, 6.07) is 13.2. The van der Waals surface area contributed by atoms with Crippen LogP contribution in [0.25, 0.3) is 16.9 Å². The SMILES string of the molecule is COC(=O)c1c(-c2c(C)cccc2F)nn(-c2ccccc2)c1C(=O)OC. The number of aryl methyl sites for hydroxylation is 1. The molecular formula is C20H17FN2O4. The van der Waals surface area contributed by atoms with Crippen molar-refractivity contribution in [2.24, 2.45) is 0 Å². The van der Waals surface area contributed by atoms with Crippen LogP contribution in [0.5, 0.6) is 0 Å². The van der Waals surface area contributed by atoms with Crippen molar-refractivity contribution in [1.82, 2.24) is 9.78 Å². The largest absolute Gasteiger partial charge is 0.465 e. The number of rotatable bonds is 4. The van der Waals surface area contributed by atoms with Crippen molar-refractivity contribution in [3.05, 3.63) is 71.2 Å². The van der Waals surface area contributed by atoms with Crippen molar-refractivity contribution < 1.29 is 23.5 Å². The maximum atomic E-state index is 14.6. The fraction of sp³-hybridized carbons (Fsp3) is 0.150. The molecule has 0 saturated carbocycles. The first-order chi connectivity index (χ1) is 13.0. The Bertz CT molecular complexity index is 992. The van der Waals surface area contributed by atoms with Crippen LogP contribution in [-0.4, -0.2) is 35.9 Å². The second-order valence-corrected chi connectivity index (χ2v) is 5.73. The van der Waals surface area contributed by atoms with Crippen LogP contribution in [0.3, 0.4) is 0 Å². The van der Waals surface area contributed by atoms with Gasteiger partial charge in [-0.05, 0) is 30.7 Å². The number of carbonyl (C=O) groups is 2. The van der Waals surface area contributed by atoms with Crippen LogP contribution < -0.4 is 0 Å². The number of hydrogen-bond donors (Lipinski definition) is 0. The summed E-state index contributed by atoms with van der Waals surface area (Å²) >= 11 is 0. The van der Waals surface area contributed by atoms with Crippen molar-refractivity contribution >= 4 is 11.9 Å². The highest BCUT2D eigenvalue weighted by Crippen LogP contribution is 2.32. The molecule has 0 aliphatic rings. The van der Waals surface area contributed by atoms with Crippen LogP contribution in [0.1, 0.15) is 26.4 Å². The molecular weight excluding hydrogens is 351 g/mol. The van der Waals surface area contributed by atoms with Crippen LogP contribution in [0.4, 0.5) is 4.39 Å². The summed E-state index contributed by atoms with van der Waals surface area (Å²) in [6.07, 6.45) is 0. The van der Waals surface area contributed by atoms with Gasteiger partial charge in [-0.25, -0.2) is 18.7 Å². The van der Waals surface area contributed by atoms with Crippen LogP contribution in [0.15, 0.2) is 48.5 Å². The van der Waals surface area contributed by atoms with Gasteiger partial charge in [-0.1, -0.05) is 30.3 Å². The summed E-state index contributed by atoms with van der Waals surface area (Å²) in [5.74, 6) is -2.16. The average molecular weight is 368 g/mol. The monoisotopic (exact) mass is 368 g/mol. The predicted octanol–water partition coefficient (Wildman–Crippen LogP) is 3.56. The van der Waals surface area contributed by atoms with Crippen LogP contribution in [0, 0.1) is 12.7 Å². The van der Waals surface area contributed by atoms with E-state index in [0.717, 1.165) is 0 Å². The van der Waals surface area contributed by atoms with Crippen molar-refractivity contribution in [3.8, 4) is 16.9 Å². The summed E-state index contributed by atoms with van der Waals surface area (Å²) in [4.78, 5) is 25.0. The van der Waals surface area contributed by atoms with E-state index in [4.69, 9.17) is 9.47 Å². The number of benzene rings is 2. The second kappa shape index (κ2) is 7.41. The minimum Gasteiger partial charge on any atom is -0.465 e. The number of hydrogen-bond acceptors (Lipinski definition) is 5. The van der Waals surface area contributed by atoms with E-state index in [2.05, 4.69) is 5.10 Å². The first-order valence-electron chi connectivity index (χ1n) is 8.10. The van der Waals surface area contributed by atoms with Crippen LogP contribution in [-0.2, 0) is 9.47 Å². The third-order valence-corrected chi connectivity index (χ3v) is 4.11. The Kier molecular flexibility index (Phi) is 5.03. The Morgan fingerprint density at radius 2 is 1.63 bits per heavy atom. The highest BCUT2D eigenvalue weighted by Gasteiger charge is 2.32. The molecule has 6 nitrogen and oxygen atoms in total. The number of esters is 2. The van der Waals surface area contributed by atoms with Crippen molar-refractivity contribution in [2.75, 3.05) is 14.2 Å². The molecule has 27 heavy (non-hydrogen) atoms. The minimum atomic E-state index is -0.810. The van der Waals surface area contributed by atoms with Gasteiger partial charge < -0.3 is 9.47 Å². The lowest BCUT2D eigenvalue weighted by Gasteiger charge is -2.07. The molecule has 0 atom stereocenters. The summed E-state index contributed by atoms with van der Waals surface area (Å²) in [5, 5.41) is 4.39. The number of halogens is 1. The molecule has 0 saturated heterocycles. The van der Waals surface area contributed by atoms with Gasteiger partial charge in [-0.2, -0.15) is 5.10 Å². The van der Waals surface area contributed by atoms with E-state index in [0.29, 0.717) is 11.3 Å². The highest BCUT2D eigenvalue weighted by molar-refractivity contribution is 6.07. The van der Waals surface area contributed by atoms with E-state index in [1.54, 1.807) is 49.4 Å². The van der Waals surface area contributed by atoms with Gasteiger partial charge in [-0.3, -0.25) is 0 Å². The van der Waals surface area contributed by atoms with E-state index in [9.17, 15) is 14.0 Å². The molecule has 0 spiro atoms. The summed E-state index contributed by atoms with van der Waals surface area (Å²) in [7, 11) is 2.38. The van der Waals surface area contributed by atoms with E-state index >= 15 is 0 Å². The smallest absolute Gasteiger partial charge is 0.357 e. The Morgan fingerprint density at radius 3 is 2.22 bits per heavy atom. The van der Waals surface area contributed by atoms with Gasteiger partial charge in [0.15, 0.2) is 5.69 Å². The fourth-order valence-electron chi connectivity index (χ4n) is 2.86. The molecule has 0 aliphatic carbocycles. The zero-order chi connectivity index (χ0) is 19.6. The molecule has 0 fully saturated rings. The minimum absolute atomic E-state index is 0.0155. The molecule has 1 aromatic heterocycles. The highest BCUT2D eigenvalue weighted by atomic mass is 19.1. The average Bonchev–Trinajstić information content (AvgIpc) is 3.07. The lowest BCUT2D eigenvalue weighted by Crippen LogP contribution is -2.15. The number of para-hydroxylation sites is 1. The van der Waals surface area contributed by atoms with E-state index in [1.165, 1.54) is 25.0 Å². The summed E-state index contributed by atoms with van der Waals surface area (Å²) in [6.45, 7) is 1.69. The molecule has 0 unspecified atom stereocenters. The molecule has 138 valence electrons. The zero-order valence-electron chi connectivity index (χ0n) is 15.0. The van der Waals surface area contributed by atoms with Crippen molar-refractivity contribution in [2.45, 2.75) is 6.92 Å². The number of nitrogens with zero attached hydrogens (tertiary/aromatic N) is 2. The predicted molar refractivity (Wildman–Crippen MR) is 96.4 cm³/mol. The first kappa shape index (κ1) is 18.3. The normalized spacial score (nSPS) is 10.5. The molecule has 0 bridgehead atoms. The number of ether oxygens (including phenoxy) is 2. The molecule has 0 radical (unpaired) electrons. The number of aromatic nitrogens is 2. The standard InChI is InChI=1S/C20H17FN2O4/c1-12-8-7-11-14(21)15(12)17-16(19(24)26-2)18(20(25)27-3)23(22-17)13-9-5-4-6-10-13/h4-11H,1-3H3. The fourth-order valence-corrected chi connectivity index (χ4v) is 2.86. The summed E-state index contributed by atoms with van der Waals surface area (Å²) in [5.41, 5.74) is 0.937. The molecule has 7 heteroatoms. The lowest BCUT2D eigenvalue weighted by atomic mass is 10.0. The molecule has 3 aromatic rings. The molecule has 2 aromatic carbocycles. The zero-order valence-corrected chi connectivity index (χ0v) is 15.0. The topological polar surface area (TPSA) is 70.4 Å². The Balaban J connectivity index is 2.42. The van der Waals surface area contributed by atoms with Gasteiger partial charge in [-0.15, -0.1) is 0 Å². The Labute approximate surface area is 155 Å². The number of methoxy groups -OCH3 is 2. The third kappa shape index (κ3) is 3.19. The molecule has 0 N–H and O–H groups in total. The van der Waals surface area contributed by atoms with Crippen molar-refractivity contribution in [1.29, 1.82) is 0 Å². The summed E-state index contributed by atoms with van der Waals surface area (Å²) < 4.78 is 25.5. The van der Waals surface area contributed by atoms with Gasteiger partial charge in [0.1, 0.15) is 17.1 Å². The van der Waals surface area contributed by atoms with E-state index in [-0.39, 0.29) is 22.5 Å². The Morgan fingerprint density at radius 1 is 0.963 bits per heavy atom. The lowest BCUT2D eigenvalue weighted by molar-refractivity contribution is 0.0549. The molecule has 1 heterocycles. The van der Waals surface area contributed by atoms with Gasteiger partial charge in [0.25, 0.3) is 0 Å². The maximum Gasteiger partial charge on any atom is 0.357 e. The van der Waals surface area contributed by atoms with Gasteiger partial charge in [0.2, 0.25) is 0 Å². The first-order valence-corrected chi connectivity index (χ1v) is 8.10. The van der Waals surface area contributed by atoms with Crippen LogP contribution in [0.2, 0.25) is 0 Å². The molecule has 0 aliphatic heterocycles. The van der Waals surface area contributed by atoms with Gasteiger partial charge in [0.05, 0.1) is 19.9 Å². The quantitative estimate of drug-likeness (QED) is 0.659. The third-order valence-electron chi connectivity index (χ3n) is 4.11. The molecule has 3 rings (SSSR count). The van der Waals surface area contributed by atoms with Crippen molar-refractivity contribution in [3.63, 3.8) is 0 Å². The number of carbonyl (C=O) groups excluding carboxylic acids is 2. The molecule has 0 amide bonds. The van der Waals surface area contributed by atoms with Gasteiger partial charge in [0, 0.05) is 5.56 Å². The second-order valence-electron chi connectivity index (χ2n) is 5.73. The van der Waals surface area contributed by atoms with E-state index < -0.39 is 17.8 Å². The van der Waals surface area contributed by atoms with E-state index in [1.807, 2.05) is 0 Å².